The molecule has 1 saturated heterocycles. The zero-order chi connectivity index (χ0) is 21.8. The number of fused-ring (bicyclic) bond motifs is 1. The Hall–Kier alpha value is -3.30. The molecule has 32 heavy (non-hydrogen) atoms. The van der Waals surface area contributed by atoms with Crippen LogP contribution in [0.1, 0.15) is 22.9 Å². The molecular weight excluding hydrogens is 422 g/mol. The highest BCUT2D eigenvalue weighted by Gasteiger charge is 2.21. The molecule has 1 aliphatic heterocycles. The summed E-state index contributed by atoms with van der Waals surface area (Å²) >= 11 is 1.67. The largest absolute Gasteiger partial charge is 0.353 e. The zero-order valence-corrected chi connectivity index (χ0v) is 18.5. The number of nitrogens with zero attached hydrogens (tertiary/aromatic N) is 6. The van der Waals surface area contributed by atoms with E-state index >= 15 is 0 Å². The second kappa shape index (κ2) is 9.46. The lowest BCUT2D eigenvalue weighted by Gasteiger charge is -2.35. The minimum atomic E-state index is -0.0980. The van der Waals surface area contributed by atoms with E-state index in [0.717, 1.165) is 54.6 Å². The van der Waals surface area contributed by atoms with Crippen LogP contribution in [0, 0.1) is 0 Å². The average molecular weight is 448 g/mol. The van der Waals surface area contributed by atoms with E-state index in [0.29, 0.717) is 6.42 Å². The van der Waals surface area contributed by atoms with Crippen LogP contribution < -0.4 is 10.2 Å². The van der Waals surface area contributed by atoms with Gasteiger partial charge in [-0.05, 0) is 29.1 Å². The van der Waals surface area contributed by atoms with E-state index < -0.39 is 0 Å². The molecule has 0 saturated carbocycles. The number of carbonyl (C=O) groups excluding carboxylic acids is 1. The number of hydrogen-bond acceptors (Lipinski definition) is 7. The molecule has 1 aromatic carbocycles. The average Bonchev–Trinajstić information content (AvgIpc) is 3.54. The van der Waals surface area contributed by atoms with Gasteiger partial charge in [0.2, 0.25) is 5.91 Å². The lowest BCUT2D eigenvalue weighted by molar-refractivity contribution is -0.121. The first-order valence-electron chi connectivity index (χ1n) is 10.8. The van der Waals surface area contributed by atoms with Crippen LogP contribution in [0.2, 0.25) is 0 Å². The first-order valence-corrected chi connectivity index (χ1v) is 11.7. The van der Waals surface area contributed by atoms with Gasteiger partial charge in [-0.15, -0.1) is 26.6 Å². The van der Waals surface area contributed by atoms with Crippen molar-refractivity contribution in [2.24, 2.45) is 0 Å². The number of thiophene rings is 1. The lowest BCUT2D eigenvalue weighted by atomic mass is 10.1. The maximum absolute atomic E-state index is 12.8. The monoisotopic (exact) mass is 447 g/mol. The van der Waals surface area contributed by atoms with E-state index in [-0.39, 0.29) is 11.9 Å². The Bertz CT molecular complexity index is 1150. The third-order valence-corrected chi connectivity index (χ3v) is 6.70. The number of anilines is 1. The van der Waals surface area contributed by atoms with Crippen molar-refractivity contribution < 1.29 is 4.79 Å². The van der Waals surface area contributed by atoms with Crippen molar-refractivity contribution in [2.75, 3.05) is 37.6 Å². The summed E-state index contributed by atoms with van der Waals surface area (Å²) in [6.45, 7) is 4.32. The Kier molecular flexibility index (Phi) is 6.09. The van der Waals surface area contributed by atoms with Crippen molar-refractivity contribution in [1.82, 2.24) is 30.0 Å². The standard InChI is InChI=1S/C23H25N7OS/c31-22(25-23(19-7-4-16-32-19)18-5-2-1-3-6-18)10-11-28-12-14-29(15-13-28)21-9-8-20-26-24-17-30(20)27-21/h1-9,16-17,23H,10-15H2,(H,25,31). The van der Waals surface area contributed by atoms with Gasteiger partial charge in [0.15, 0.2) is 5.65 Å². The number of aromatic nitrogens is 4. The van der Waals surface area contributed by atoms with Gasteiger partial charge in [0.05, 0.1) is 6.04 Å². The molecule has 3 aromatic heterocycles. The lowest BCUT2D eigenvalue weighted by Crippen LogP contribution is -2.47. The van der Waals surface area contributed by atoms with E-state index in [4.69, 9.17) is 0 Å². The molecule has 0 radical (unpaired) electrons. The van der Waals surface area contributed by atoms with Gasteiger partial charge in [-0.3, -0.25) is 9.69 Å². The number of piperazine rings is 1. The first kappa shape index (κ1) is 20.6. The van der Waals surface area contributed by atoms with Crippen LogP contribution in [0.15, 0.2) is 66.3 Å². The molecule has 1 aliphatic rings. The van der Waals surface area contributed by atoms with Crippen molar-refractivity contribution >= 4 is 28.7 Å². The highest BCUT2D eigenvalue weighted by molar-refractivity contribution is 7.10. The van der Waals surface area contributed by atoms with Crippen LogP contribution in [0.5, 0.6) is 0 Å². The minimum Gasteiger partial charge on any atom is -0.353 e. The summed E-state index contributed by atoms with van der Waals surface area (Å²) in [5, 5.41) is 17.7. The summed E-state index contributed by atoms with van der Waals surface area (Å²) in [6, 6.07) is 18.1. The Balaban J connectivity index is 1.13. The number of amides is 1. The van der Waals surface area contributed by atoms with Crippen molar-refractivity contribution in [3.63, 3.8) is 0 Å². The number of rotatable bonds is 7. The Morgan fingerprint density at radius 2 is 1.88 bits per heavy atom. The molecule has 8 nitrogen and oxygen atoms in total. The predicted octanol–water partition coefficient (Wildman–Crippen LogP) is 2.60. The van der Waals surface area contributed by atoms with E-state index in [2.05, 4.69) is 48.6 Å². The van der Waals surface area contributed by atoms with Crippen molar-refractivity contribution in [2.45, 2.75) is 12.5 Å². The van der Waals surface area contributed by atoms with Crippen LogP contribution in [0.25, 0.3) is 5.65 Å². The van der Waals surface area contributed by atoms with Gasteiger partial charge in [0, 0.05) is 44.0 Å². The van der Waals surface area contributed by atoms with Gasteiger partial charge in [-0.2, -0.15) is 4.52 Å². The Morgan fingerprint density at radius 3 is 2.66 bits per heavy atom. The van der Waals surface area contributed by atoms with E-state index in [9.17, 15) is 4.79 Å². The maximum Gasteiger partial charge on any atom is 0.222 e. The number of hydrogen-bond donors (Lipinski definition) is 1. The van der Waals surface area contributed by atoms with Crippen molar-refractivity contribution in [3.05, 3.63) is 76.7 Å². The fraction of sp³-hybridized carbons (Fsp3) is 0.304. The molecule has 1 fully saturated rings. The summed E-state index contributed by atoms with van der Waals surface area (Å²) in [5.74, 6) is 1.01. The normalized spacial score (nSPS) is 15.7. The highest BCUT2D eigenvalue weighted by atomic mass is 32.1. The molecule has 4 heterocycles. The molecular formula is C23H25N7OS. The molecule has 1 amide bonds. The predicted molar refractivity (Wildman–Crippen MR) is 125 cm³/mol. The molecule has 0 bridgehead atoms. The number of benzene rings is 1. The summed E-state index contributed by atoms with van der Waals surface area (Å²) in [6.07, 6.45) is 2.10. The smallest absolute Gasteiger partial charge is 0.222 e. The third kappa shape index (κ3) is 4.63. The molecule has 164 valence electrons. The van der Waals surface area contributed by atoms with E-state index in [1.807, 2.05) is 41.8 Å². The van der Waals surface area contributed by atoms with Crippen LogP contribution >= 0.6 is 11.3 Å². The van der Waals surface area contributed by atoms with Gasteiger partial charge in [-0.1, -0.05) is 36.4 Å². The van der Waals surface area contributed by atoms with Gasteiger partial charge >= 0.3 is 0 Å². The summed E-state index contributed by atoms with van der Waals surface area (Å²) in [4.78, 5) is 18.5. The van der Waals surface area contributed by atoms with Gasteiger partial charge in [-0.25, -0.2) is 0 Å². The van der Waals surface area contributed by atoms with E-state index in [1.165, 1.54) is 0 Å². The Labute approximate surface area is 190 Å². The molecule has 1 atom stereocenters. The molecule has 0 spiro atoms. The quantitative estimate of drug-likeness (QED) is 0.469. The molecule has 5 rings (SSSR count). The second-order valence-corrected chi connectivity index (χ2v) is 8.81. The molecule has 9 heteroatoms. The van der Waals surface area contributed by atoms with Crippen LogP contribution in [0.4, 0.5) is 5.82 Å². The second-order valence-electron chi connectivity index (χ2n) is 7.83. The highest BCUT2D eigenvalue weighted by Crippen LogP contribution is 2.26. The topological polar surface area (TPSA) is 78.7 Å². The van der Waals surface area contributed by atoms with Gasteiger partial charge < -0.3 is 10.2 Å². The number of carbonyl (C=O) groups is 1. The molecule has 1 N–H and O–H groups in total. The van der Waals surface area contributed by atoms with Gasteiger partial charge in [0.1, 0.15) is 12.1 Å². The van der Waals surface area contributed by atoms with Gasteiger partial charge in [0.25, 0.3) is 0 Å². The molecule has 0 aliphatic carbocycles. The van der Waals surface area contributed by atoms with Crippen LogP contribution in [-0.2, 0) is 4.79 Å². The van der Waals surface area contributed by atoms with Crippen molar-refractivity contribution in [1.29, 1.82) is 0 Å². The third-order valence-electron chi connectivity index (χ3n) is 5.76. The maximum atomic E-state index is 12.8. The molecule has 4 aromatic rings. The number of nitrogens with one attached hydrogen (secondary N) is 1. The Morgan fingerprint density at radius 1 is 1.03 bits per heavy atom. The zero-order valence-electron chi connectivity index (χ0n) is 17.7. The fourth-order valence-corrected chi connectivity index (χ4v) is 4.80. The molecule has 1 unspecified atom stereocenters. The van der Waals surface area contributed by atoms with Crippen LogP contribution in [-0.4, -0.2) is 63.3 Å². The summed E-state index contributed by atoms with van der Waals surface area (Å²) < 4.78 is 1.70. The fourth-order valence-electron chi connectivity index (χ4n) is 4.00. The summed E-state index contributed by atoms with van der Waals surface area (Å²) in [5.41, 5.74) is 1.85. The van der Waals surface area contributed by atoms with Crippen molar-refractivity contribution in [3.8, 4) is 0 Å². The SMILES string of the molecule is O=C(CCN1CCN(c2ccc3nncn3n2)CC1)NC(c1ccccc1)c1cccs1. The first-order chi connectivity index (χ1) is 15.8. The van der Waals surface area contributed by atoms with Crippen LogP contribution in [0.3, 0.4) is 0 Å². The minimum absolute atomic E-state index is 0.0782. The summed E-state index contributed by atoms with van der Waals surface area (Å²) in [7, 11) is 0. The van der Waals surface area contributed by atoms with E-state index in [1.54, 1.807) is 22.2 Å².